The van der Waals surface area contributed by atoms with Crippen LogP contribution in [0.25, 0.3) is 0 Å². The number of sulfone groups is 1. The van der Waals surface area contributed by atoms with Crippen molar-refractivity contribution in [2.24, 2.45) is 0 Å². The number of hydrogen-bond acceptors (Lipinski definition) is 4. The summed E-state index contributed by atoms with van der Waals surface area (Å²) in [6, 6.07) is 10.6. The molecule has 0 fully saturated rings. The van der Waals surface area contributed by atoms with Crippen molar-refractivity contribution in [3.8, 4) is 0 Å². The molecule has 0 spiro atoms. The van der Waals surface area contributed by atoms with Crippen molar-refractivity contribution < 1.29 is 28.2 Å². The highest BCUT2D eigenvalue weighted by atomic mass is 32.2. The molecule has 0 radical (unpaired) electrons. The smallest absolute Gasteiger partial charge is 0.337 e. The Labute approximate surface area is 120 Å². The third kappa shape index (κ3) is 2.63. The van der Waals surface area contributed by atoms with Gasteiger partial charge in [-0.25, -0.2) is 18.0 Å². The van der Waals surface area contributed by atoms with Crippen LogP contribution in [-0.2, 0) is 9.84 Å². The maximum Gasteiger partial charge on any atom is 0.337 e. The number of hydrogen-bond donors (Lipinski definition) is 2. The highest BCUT2D eigenvalue weighted by Crippen LogP contribution is 2.26. The molecule has 0 bridgehead atoms. The van der Waals surface area contributed by atoms with Crippen LogP contribution >= 0.6 is 0 Å². The molecule has 0 saturated carbocycles. The third-order valence-electron chi connectivity index (χ3n) is 2.81. The Kier molecular flexibility index (Phi) is 3.77. The van der Waals surface area contributed by atoms with E-state index in [2.05, 4.69) is 0 Å². The quantitative estimate of drug-likeness (QED) is 0.893. The minimum atomic E-state index is -4.11. The van der Waals surface area contributed by atoms with Crippen LogP contribution in [0.5, 0.6) is 0 Å². The largest absolute Gasteiger partial charge is 0.478 e. The van der Waals surface area contributed by atoms with E-state index in [0.29, 0.717) is 0 Å². The molecular formula is C14H10O6S. The SMILES string of the molecule is O=C(O)c1cccc(S(=O)(=O)c2ccccc2)c1C(=O)O. The molecule has 0 saturated heterocycles. The van der Waals surface area contributed by atoms with Crippen molar-refractivity contribution in [1.29, 1.82) is 0 Å². The van der Waals surface area contributed by atoms with E-state index in [9.17, 15) is 23.1 Å². The summed E-state index contributed by atoms with van der Waals surface area (Å²) >= 11 is 0. The normalized spacial score (nSPS) is 11.0. The first-order valence-corrected chi connectivity index (χ1v) is 7.23. The fraction of sp³-hybridized carbons (Fsp3) is 0. The van der Waals surface area contributed by atoms with Crippen molar-refractivity contribution in [3.63, 3.8) is 0 Å². The minimum absolute atomic E-state index is 0.102. The molecule has 2 aromatic carbocycles. The highest BCUT2D eigenvalue weighted by Gasteiger charge is 2.28. The summed E-state index contributed by atoms with van der Waals surface area (Å²) in [6.45, 7) is 0. The van der Waals surface area contributed by atoms with Gasteiger partial charge in [0, 0.05) is 0 Å². The van der Waals surface area contributed by atoms with Gasteiger partial charge in [-0.2, -0.15) is 0 Å². The van der Waals surface area contributed by atoms with E-state index in [-0.39, 0.29) is 4.90 Å². The molecule has 0 amide bonds. The van der Waals surface area contributed by atoms with Gasteiger partial charge >= 0.3 is 11.9 Å². The van der Waals surface area contributed by atoms with Crippen molar-refractivity contribution in [2.45, 2.75) is 9.79 Å². The Morgan fingerprint density at radius 1 is 0.810 bits per heavy atom. The van der Waals surface area contributed by atoms with Gasteiger partial charge in [0.1, 0.15) is 0 Å². The van der Waals surface area contributed by atoms with Gasteiger partial charge in [0.25, 0.3) is 0 Å². The van der Waals surface area contributed by atoms with E-state index in [1.165, 1.54) is 30.3 Å². The fourth-order valence-corrected chi connectivity index (χ4v) is 3.37. The van der Waals surface area contributed by atoms with Gasteiger partial charge in [0.05, 0.1) is 20.9 Å². The summed E-state index contributed by atoms with van der Waals surface area (Å²) in [6.07, 6.45) is 0. The van der Waals surface area contributed by atoms with Crippen LogP contribution < -0.4 is 0 Å². The number of carbonyl (C=O) groups is 2. The second-order valence-corrected chi connectivity index (χ2v) is 6.02. The van der Waals surface area contributed by atoms with Gasteiger partial charge in [-0.15, -0.1) is 0 Å². The number of benzene rings is 2. The molecule has 0 aromatic heterocycles. The van der Waals surface area contributed by atoms with Crippen LogP contribution in [0.15, 0.2) is 58.3 Å². The Balaban J connectivity index is 2.79. The summed E-state index contributed by atoms with van der Waals surface area (Å²) in [4.78, 5) is 21.7. The molecule has 108 valence electrons. The first-order valence-electron chi connectivity index (χ1n) is 5.75. The topological polar surface area (TPSA) is 109 Å². The maximum absolute atomic E-state index is 12.5. The van der Waals surface area contributed by atoms with Crippen LogP contribution in [0, 0.1) is 0 Å². The summed E-state index contributed by atoms with van der Waals surface area (Å²) in [5, 5.41) is 18.2. The van der Waals surface area contributed by atoms with Crippen LogP contribution in [0.4, 0.5) is 0 Å². The Hall–Kier alpha value is -2.67. The lowest BCUT2D eigenvalue weighted by Gasteiger charge is -2.10. The molecule has 0 atom stereocenters. The number of aromatic carboxylic acids is 2. The van der Waals surface area contributed by atoms with Crippen molar-refractivity contribution in [2.75, 3.05) is 0 Å². The molecule has 0 aliphatic rings. The Bertz CT molecular complexity index is 809. The van der Waals surface area contributed by atoms with E-state index < -0.39 is 37.8 Å². The van der Waals surface area contributed by atoms with E-state index in [1.807, 2.05) is 0 Å². The first-order chi connectivity index (χ1) is 9.85. The molecular weight excluding hydrogens is 296 g/mol. The lowest BCUT2D eigenvalue weighted by Crippen LogP contribution is -2.15. The zero-order chi connectivity index (χ0) is 15.6. The van der Waals surface area contributed by atoms with Gasteiger partial charge in [-0.05, 0) is 24.3 Å². The number of carboxylic acids is 2. The number of carboxylic acid groups (broad SMARTS) is 2. The van der Waals surface area contributed by atoms with E-state index in [4.69, 9.17) is 5.11 Å². The number of rotatable bonds is 4. The predicted octanol–water partition coefficient (Wildman–Crippen LogP) is 1.92. The molecule has 6 nitrogen and oxygen atoms in total. The van der Waals surface area contributed by atoms with E-state index >= 15 is 0 Å². The summed E-state index contributed by atoms with van der Waals surface area (Å²) in [5.41, 5.74) is -1.31. The Morgan fingerprint density at radius 2 is 1.43 bits per heavy atom. The fourth-order valence-electron chi connectivity index (χ4n) is 1.88. The lowest BCUT2D eigenvalue weighted by molar-refractivity contribution is 0.0648. The second-order valence-electron chi connectivity index (χ2n) is 4.11. The predicted molar refractivity (Wildman–Crippen MR) is 72.3 cm³/mol. The molecule has 0 heterocycles. The van der Waals surface area contributed by atoms with Crippen LogP contribution in [0.3, 0.4) is 0 Å². The molecule has 2 rings (SSSR count). The maximum atomic E-state index is 12.5. The van der Waals surface area contributed by atoms with E-state index in [0.717, 1.165) is 12.1 Å². The average Bonchev–Trinajstić information content (AvgIpc) is 2.47. The molecule has 0 aliphatic heterocycles. The molecule has 2 aromatic rings. The van der Waals surface area contributed by atoms with Gasteiger partial charge < -0.3 is 10.2 Å². The summed E-state index contributed by atoms with van der Waals surface area (Å²) < 4.78 is 25.0. The molecule has 2 N–H and O–H groups in total. The molecule has 7 heteroatoms. The second kappa shape index (κ2) is 5.37. The monoisotopic (exact) mass is 306 g/mol. The molecule has 0 aliphatic carbocycles. The van der Waals surface area contributed by atoms with Gasteiger partial charge in [-0.1, -0.05) is 24.3 Å². The van der Waals surface area contributed by atoms with Crippen molar-refractivity contribution in [3.05, 3.63) is 59.7 Å². The molecule has 0 unspecified atom stereocenters. The zero-order valence-electron chi connectivity index (χ0n) is 10.6. The van der Waals surface area contributed by atoms with Crippen LogP contribution in [0.2, 0.25) is 0 Å². The van der Waals surface area contributed by atoms with Gasteiger partial charge in [0.15, 0.2) is 0 Å². The zero-order valence-corrected chi connectivity index (χ0v) is 11.4. The summed E-state index contributed by atoms with van der Waals surface area (Å²) in [7, 11) is -4.11. The Morgan fingerprint density at radius 3 is 1.95 bits per heavy atom. The first kappa shape index (κ1) is 14.7. The van der Waals surface area contributed by atoms with Crippen molar-refractivity contribution >= 4 is 21.8 Å². The van der Waals surface area contributed by atoms with E-state index in [1.54, 1.807) is 6.07 Å². The average molecular weight is 306 g/mol. The standard InChI is InChI=1S/C14H10O6S/c15-13(16)10-7-4-8-11(12(10)14(17)18)21(19,20)9-5-2-1-3-6-9/h1-8H,(H,15,16)(H,17,18). The lowest BCUT2D eigenvalue weighted by atomic mass is 10.1. The third-order valence-corrected chi connectivity index (χ3v) is 4.63. The van der Waals surface area contributed by atoms with Gasteiger partial charge in [0.2, 0.25) is 9.84 Å². The highest BCUT2D eigenvalue weighted by molar-refractivity contribution is 7.91. The molecule has 21 heavy (non-hydrogen) atoms. The minimum Gasteiger partial charge on any atom is -0.478 e. The van der Waals surface area contributed by atoms with Crippen LogP contribution in [-0.4, -0.2) is 30.6 Å². The van der Waals surface area contributed by atoms with Crippen LogP contribution in [0.1, 0.15) is 20.7 Å². The van der Waals surface area contributed by atoms with Crippen molar-refractivity contribution in [1.82, 2.24) is 0 Å². The summed E-state index contributed by atoms with van der Waals surface area (Å²) in [5.74, 6) is -3.11. The van der Waals surface area contributed by atoms with Gasteiger partial charge in [-0.3, -0.25) is 0 Å².